The second kappa shape index (κ2) is 12.7. The van der Waals surface area contributed by atoms with Crippen LogP contribution >= 0.6 is 19.2 Å². The van der Waals surface area contributed by atoms with Crippen molar-refractivity contribution in [2.24, 2.45) is 5.10 Å². The van der Waals surface area contributed by atoms with E-state index in [4.69, 9.17) is 21.4 Å². The number of benzene rings is 3. The Morgan fingerprint density at radius 3 is 2.46 bits per heavy atom. The highest BCUT2D eigenvalue weighted by atomic mass is 35.5. The molecule has 1 aliphatic heterocycles. The number of rotatable bonds is 10. The second-order valence-corrected chi connectivity index (χ2v) is 10.7. The fourth-order valence-electron chi connectivity index (χ4n) is 3.80. The van der Waals surface area contributed by atoms with Crippen molar-refractivity contribution in [2.45, 2.75) is 18.6 Å². The minimum absolute atomic E-state index is 0.241. The fraction of sp³-hybridized carbons (Fsp3) is 0.115. The molecule has 6 N–H and O–H groups in total. The SMILES string of the molecule is O=C(/C=C/c1cc(Cl)ccc1N1C=NNN1)N[C@@H](Cc1ccccc1)C(=O)Nc1ccc(CP(=O)(O)O)cc1. The molecule has 0 aliphatic carbocycles. The largest absolute Gasteiger partial charge is 0.340 e. The Bertz CT molecular complexity index is 1430. The lowest BCUT2D eigenvalue weighted by molar-refractivity contribution is -0.123. The highest BCUT2D eigenvalue weighted by molar-refractivity contribution is 7.50. The third-order valence-electron chi connectivity index (χ3n) is 5.60. The Labute approximate surface area is 229 Å². The van der Waals surface area contributed by atoms with E-state index < -0.39 is 31.6 Å². The summed E-state index contributed by atoms with van der Waals surface area (Å²) in [6, 6.07) is 19.7. The van der Waals surface area contributed by atoms with E-state index in [0.29, 0.717) is 27.5 Å². The molecule has 2 amide bonds. The number of hydrogen-bond acceptors (Lipinski definition) is 7. The van der Waals surface area contributed by atoms with E-state index in [1.165, 1.54) is 24.5 Å². The number of hydrazone groups is 1. The molecule has 1 atom stereocenters. The van der Waals surface area contributed by atoms with Gasteiger partial charge >= 0.3 is 7.60 Å². The van der Waals surface area contributed by atoms with Crippen LogP contribution in [-0.2, 0) is 26.7 Å². The maximum Gasteiger partial charge on any atom is 0.329 e. The van der Waals surface area contributed by atoms with Gasteiger partial charge in [0.25, 0.3) is 0 Å². The third kappa shape index (κ3) is 8.51. The molecular weight excluding hydrogens is 543 g/mol. The number of nitrogens with zero attached hydrogens (tertiary/aromatic N) is 2. The van der Waals surface area contributed by atoms with Gasteiger partial charge in [-0.1, -0.05) is 54.1 Å². The second-order valence-electron chi connectivity index (χ2n) is 8.63. The monoisotopic (exact) mass is 568 g/mol. The van der Waals surface area contributed by atoms with Gasteiger partial charge in [-0.2, -0.15) is 5.10 Å². The van der Waals surface area contributed by atoms with Crippen LogP contribution in [0.3, 0.4) is 0 Å². The Balaban J connectivity index is 1.48. The van der Waals surface area contributed by atoms with Crippen molar-refractivity contribution in [3.8, 4) is 0 Å². The molecule has 39 heavy (non-hydrogen) atoms. The van der Waals surface area contributed by atoms with Crippen LogP contribution in [0.2, 0.25) is 5.02 Å². The van der Waals surface area contributed by atoms with E-state index in [2.05, 4.69) is 26.8 Å². The van der Waals surface area contributed by atoms with E-state index in [0.717, 1.165) is 5.56 Å². The molecule has 13 heteroatoms. The summed E-state index contributed by atoms with van der Waals surface area (Å²) in [4.78, 5) is 44.4. The fourth-order valence-corrected chi connectivity index (χ4v) is 4.67. The molecule has 0 saturated carbocycles. The van der Waals surface area contributed by atoms with Gasteiger partial charge in [-0.15, -0.1) is 5.53 Å². The Hall–Kier alpha value is -3.99. The summed E-state index contributed by atoms with van der Waals surface area (Å²) in [6.07, 6.45) is 4.27. The van der Waals surface area contributed by atoms with Crippen LogP contribution in [0, 0.1) is 0 Å². The topological polar surface area (TPSA) is 155 Å². The number of amides is 2. The lowest BCUT2D eigenvalue weighted by atomic mass is 10.0. The van der Waals surface area contributed by atoms with Gasteiger partial charge in [-0.05, 0) is 47.5 Å². The zero-order chi connectivity index (χ0) is 27.8. The van der Waals surface area contributed by atoms with Gasteiger partial charge in [-0.3, -0.25) is 14.2 Å². The average Bonchev–Trinajstić information content (AvgIpc) is 3.43. The first-order chi connectivity index (χ1) is 18.7. The van der Waals surface area contributed by atoms with E-state index in [9.17, 15) is 14.2 Å². The van der Waals surface area contributed by atoms with Gasteiger partial charge in [0, 0.05) is 28.8 Å². The summed E-state index contributed by atoms with van der Waals surface area (Å²) in [7, 11) is -4.21. The van der Waals surface area contributed by atoms with Gasteiger partial charge in [0.2, 0.25) is 11.8 Å². The number of hydrogen-bond donors (Lipinski definition) is 6. The van der Waals surface area contributed by atoms with Crippen molar-refractivity contribution in [3.63, 3.8) is 0 Å². The molecule has 1 aliphatic rings. The van der Waals surface area contributed by atoms with Gasteiger partial charge in [0.1, 0.15) is 12.4 Å². The zero-order valence-electron chi connectivity index (χ0n) is 20.5. The van der Waals surface area contributed by atoms with Crippen LogP contribution < -0.4 is 26.7 Å². The third-order valence-corrected chi connectivity index (χ3v) is 6.61. The molecule has 0 spiro atoms. The number of carbonyl (C=O) groups excluding carboxylic acids is 2. The van der Waals surface area contributed by atoms with E-state index in [-0.39, 0.29) is 6.42 Å². The number of anilines is 2. The first-order valence-electron chi connectivity index (χ1n) is 11.8. The minimum atomic E-state index is -4.21. The van der Waals surface area contributed by atoms with Crippen LogP contribution in [0.5, 0.6) is 0 Å². The maximum atomic E-state index is 13.2. The molecule has 0 fully saturated rings. The molecule has 0 bridgehead atoms. The van der Waals surface area contributed by atoms with E-state index >= 15 is 0 Å². The van der Waals surface area contributed by atoms with Gasteiger partial charge in [0.05, 0.1) is 11.8 Å². The van der Waals surface area contributed by atoms with Gasteiger partial charge in [-0.25, -0.2) is 10.5 Å². The minimum Gasteiger partial charge on any atom is -0.340 e. The maximum absolute atomic E-state index is 13.2. The lowest BCUT2D eigenvalue weighted by Gasteiger charge is -2.18. The summed E-state index contributed by atoms with van der Waals surface area (Å²) < 4.78 is 11.2. The van der Waals surface area contributed by atoms with Crippen molar-refractivity contribution >= 4 is 54.8 Å². The van der Waals surface area contributed by atoms with Crippen LogP contribution in [0.25, 0.3) is 6.08 Å². The van der Waals surface area contributed by atoms with Crippen molar-refractivity contribution < 1.29 is 23.9 Å². The zero-order valence-corrected chi connectivity index (χ0v) is 22.1. The smallest absolute Gasteiger partial charge is 0.329 e. The Morgan fingerprint density at radius 1 is 1.05 bits per heavy atom. The molecule has 1 heterocycles. The van der Waals surface area contributed by atoms with Crippen LogP contribution in [0.4, 0.5) is 11.4 Å². The standard InChI is InChI=1S/C26H26ClN6O5P/c27-21-9-12-24(33-17-28-31-32-33)20(15-21)8-13-25(34)30-23(14-18-4-2-1-3-5-18)26(35)29-22-10-6-19(7-11-22)16-39(36,37)38/h1-13,15,17,23,31-32H,14,16H2,(H,29,35)(H,30,34)(H2,36,37,38)/b13-8+/t23-/m0/s1. The van der Waals surface area contributed by atoms with Crippen molar-refractivity contribution in [1.29, 1.82) is 0 Å². The number of carbonyl (C=O) groups is 2. The summed E-state index contributed by atoms with van der Waals surface area (Å²) in [5.74, 6) is -0.939. The predicted molar refractivity (Wildman–Crippen MR) is 151 cm³/mol. The number of hydrazine groups is 2. The predicted octanol–water partition coefficient (Wildman–Crippen LogP) is 3.17. The molecule has 3 aromatic rings. The van der Waals surface area contributed by atoms with Crippen molar-refractivity contribution in [3.05, 3.63) is 101 Å². The summed E-state index contributed by atoms with van der Waals surface area (Å²) in [6.45, 7) is 0. The molecule has 4 rings (SSSR count). The van der Waals surface area contributed by atoms with E-state index in [1.807, 2.05) is 30.3 Å². The molecule has 0 unspecified atom stereocenters. The molecule has 0 saturated heterocycles. The highest BCUT2D eigenvalue weighted by Gasteiger charge is 2.21. The van der Waals surface area contributed by atoms with Crippen LogP contribution in [0.15, 0.2) is 84.0 Å². The molecule has 0 aromatic heterocycles. The summed E-state index contributed by atoms with van der Waals surface area (Å²) in [5, 5.41) is 11.5. The highest BCUT2D eigenvalue weighted by Crippen LogP contribution is 2.39. The first-order valence-corrected chi connectivity index (χ1v) is 13.9. The Morgan fingerprint density at radius 2 is 1.79 bits per heavy atom. The molecule has 11 nitrogen and oxygen atoms in total. The molecule has 202 valence electrons. The van der Waals surface area contributed by atoms with Gasteiger partial charge < -0.3 is 20.4 Å². The quantitative estimate of drug-likeness (QED) is 0.161. The lowest BCUT2D eigenvalue weighted by Crippen LogP contribution is -2.44. The van der Waals surface area contributed by atoms with Crippen molar-refractivity contribution in [2.75, 3.05) is 10.3 Å². The van der Waals surface area contributed by atoms with Crippen molar-refractivity contribution in [1.82, 2.24) is 16.4 Å². The number of nitrogens with one attached hydrogen (secondary N) is 4. The Kier molecular flexibility index (Phi) is 9.13. The van der Waals surface area contributed by atoms with Crippen LogP contribution in [-0.4, -0.2) is 34.0 Å². The first kappa shape index (κ1) is 28.0. The van der Waals surface area contributed by atoms with Gasteiger partial charge in [0.15, 0.2) is 0 Å². The molecule has 3 aromatic carbocycles. The average molecular weight is 569 g/mol. The summed E-state index contributed by atoms with van der Waals surface area (Å²) in [5.41, 5.74) is 8.47. The number of halogens is 1. The molecule has 0 radical (unpaired) electrons. The normalized spacial score (nSPS) is 13.8. The van der Waals surface area contributed by atoms with E-state index in [1.54, 1.807) is 41.4 Å². The summed E-state index contributed by atoms with van der Waals surface area (Å²) >= 11 is 6.16. The van der Waals surface area contributed by atoms with Crippen LogP contribution in [0.1, 0.15) is 16.7 Å². The molecular formula is C26H26ClN6O5P.